The van der Waals surface area contributed by atoms with Crippen LogP contribution < -0.4 is 10.0 Å². The van der Waals surface area contributed by atoms with E-state index in [9.17, 15) is 13.2 Å². The third kappa shape index (κ3) is 5.69. The molecule has 0 spiro atoms. The van der Waals surface area contributed by atoms with E-state index in [1.54, 1.807) is 0 Å². The number of carboxylic acid groups (broad SMARTS) is 1. The molecule has 1 aliphatic carbocycles. The predicted octanol–water partition coefficient (Wildman–Crippen LogP) is 2.18. The predicted molar refractivity (Wildman–Crippen MR) is 95.4 cm³/mol. The van der Waals surface area contributed by atoms with E-state index in [2.05, 4.69) is 10.0 Å². The Morgan fingerprint density at radius 1 is 1.16 bits per heavy atom. The van der Waals surface area contributed by atoms with Gasteiger partial charge in [-0.2, -0.15) is 0 Å². The normalized spacial score (nSPS) is 16.4. The zero-order valence-corrected chi connectivity index (χ0v) is 15.0. The molecule has 25 heavy (non-hydrogen) atoms. The number of aliphatic hydroxyl groups is 1. The summed E-state index contributed by atoms with van der Waals surface area (Å²) in [7, 11) is -3.84. The Hall–Kier alpha value is -1.64. The van der Waals surface area contributed by atoms with Crippen molar-refractivity contribution in [2.45, 2.75) is 55.9 Å². The molecule has 8 heteroatoms. The summed E-state index contributed by atoms with van der Waals surface area (Å²) in [5, 5.41) is 21.0. The third-order valence-electron chi connectivity index (χ3n) is 4.35. The molecule has 0 unspecified atom stereocenters. The molecule has 7 nitrogen and oxygen atoms in total. The minimum atomic E-state index is -3.84. The van der Waals surface area contributed by atoms with E-state index in [1.807, 2.05) is 0 Å². The lowest BCUT2D eigenvalue weighted by atomic mass is 10.1. The first kappa shape index (κ1) is 19.7. The van der Waals surface area contributed by atoms with Gasteiger partial charge in [-0.3, -0.25) is 0 Å². The number of nitrogens with one attached hydrogen (secondary N) is 2. The largest absolute Gasteiger partial charge is 0.478 e. The summed E-state index contributed by atoms with van der Waals surface area (Å²) in [6.07, 6.45) is 6.27. The average Bonchev–Trinajstić information content (AvgIpc) is 2.83. The molecule has 0 aromatic heterocycles. The molecule has 0 atom stereocenters. The highest BCUT2D eigenvalue weighted by atomic mass is 32.2. The standard InChI is InChI=1S/C17H26N2O5S/c20-11-5-10-18-15-9-8-13(17(21)22)12-16(15)25(23,24)19-14-6-3-1-2-4-7-14/h8-9,12,14,18-20H,1-7,10-11H2,(H,21,22). The molecule has 0 radical (unpaired) electrons. The first-order valence-corrected chi connectivity index (χ1v) is 10.2. The number of hydrogen-bond donors (Lipinski definition) is 4. The topological polar surface area (TPSA) is 116 Å². The van der Waals surface area contributed by atoms with E-state index >= 15 is 0 Å². The number of carboxylic acids is 1. The number of sulfonamides is 1. The Labute approximate surface area is 148 Å². The fourth-order valence-electron chi connectivity index (χ4n) is 3.01. The van der Waals surface area contributed by atoms with Gasteiger partial charge in [-0.1, -0.05) is 25.7 Å². The zero-order chi connectivity index (χ0) is 18.3. The molecule has 1 saturated carbocycles. The maximum Gasteiger partial charge on any atom is 0.335 e. The second kappa shape index (κ2) is 9.17. The minimum absolute atomic E-state index is 0.0113. The number of anilines is 1. The van der Waals surface area contributed by atoms with Crippen LogP contribution in [-0.2, 0) is 10.0 Å². The lowest BCUT2D eigenvalue weighted by Crippen LogP contribution is -2.35. The summed E-state index contributed by atoms with van der Waals surface area (Å²) in [6.45, 7) is 0.386. The number of aliphatic hydroxyl groups excluding tert-OH is 1. The van der Waals surface area contributed by atoms with E-state index in [0.29, 0.717) is 18.7 Å². The summed E-state index contributed by atoms with van der Waals surface area (Å²) in [5.41, 5.74) is 0.272. The number of carbonyl (C=O) groups is 1. The first-order chi connectivity index (χ1) is 11.9. The smallest absolute Gasteiger partial charge is 0.335 e. The Bertz CT molecular complexity index is 682. The zero-order valence-electron chi connectivity index (χ0n) is 14.2. The Morgan fingerprint density at radius 3 is 2.44 bits per heavy atom. The van der Waals surface area contributed by atoms with Crippen LogP contribution in [0.1, 0.15) is 55.3 Å². The molecule has 1 aliphatic rings. The fourth-order valence-corrected chi connectivity index (χ4v) is 4.52. The van der Waals surface area contributed by atoms with Crippen LogP contribution in [0.4, 0.5) is 5.69 Å². The lowest BCUT2D eigenvalue weighted by Gasteiger charge is -2.19. The summed E-state index contributed by atoms with van der Waals surface area (Å²) in [4.78, 5) is 11.2. The van der Waals surface area contributed by atoms with Crippen LogP contribution in [0.2, 0.25) is 0 Å². The van der Waals surface area contributed by atoms with E-state index in [1.165, 1.54) is 18.2 Å². The Morgan fingerprint density at radius 2 is 1.84 bits per heavy atom. The Balaban J connectivity index is 2.27. The van der Waals surface area contributed by atoms with Crippen molar-refractivity contribution in [3.8, 4) is 0 Å². The second-order valence-electron chi connectivity index (χ2n) is 6.33. The molecule has 0 bridgehead atoms. The summed E-state index contributed by atoms with van der Waals surface area (Å²) < 4.78 is 28.4. The Kier molecular flexibility index (Phi) is 7.22. The van der Waals surface area contributed by atoms with Crippen LogP contribution in [0.3, 0.4) is 0 Å². The van der Waals surface area contributed by atoms with Crippen molar-refractivity contribution in [2.75, 3.05) is 18.5 Å². The van der Waals surface area contributed by atoms with Crippen LogP contribution >= 0.6 is 0 Å². The molecule has 4 N–H and O–H groups in total. The van der Waals surface area contributed by atoms with Gasteiger partial charge in [0.15, 0.2) is 0 Å². The van der Waals surface area contributed by atoms with E-state index in [-0.39, 0.29) is 23.1 Å². The second-order valence-corrected chi connectivity index (χ2v) is 8.01. The van der Waals surface area contributed by atoms with Gasteiger partial charge in [0.1, 0.15) is 4.90 Å². The average molecular weight is 370 g/mol. The van der Waals surface area contributed by atoms with Gasteiger partial charge >= 0.3 is 5.97 Å². The quantitative estimate of drug-likeness (QED) is 0.412. The van der Waals surface area contributed by atoms with Crippen molar-refractivity contribution < 1.29 is 23.4 Å². The van der Waals surface area contributed by atoms with Crippen molar-refractivity contribution in [3.63, 3.8) is 0 Å². The molecule has 0 amide bonds. The van der Waals surface area contributed by atoms with Crippen LogP contribution in [-0.4, -0.2) is 43.8 Å². The summed E-state index contributed by atoms with van der Waals surface area (Å²) in [5.74, 6) is -1.17. The summed E-state index contributed by atoms with van der Waals surface area (Å²) in [6, 6.07) is 3.89. The van der Waals surface area contributed by atoms with Gasteiger partial charge in [-0.25, -0.2) is 17.9 Å². The van der Waals surface area contributed by atoms with E-state index in [0.717, 1.165) is 38.5 Å². The van der Waals surface area contributed by atoms with Crippen molar-refractivity contribution in [2.24, 2.45) is 0 Å². The lowest BCUT2D eigenvalue weighted by molar-refractivity contribution is 0.0696. The van der Waals surface area contributed by atoms with Gasteiger partial charge in [-0.05, 0) is 37.5 Å². The molecule has 2 rings (SSSR count). The molecule has 0 heterocycles. The third-order valence-corrected chi connectivity index (χ3v) is 5.91. The first-order valence-electron chi connectivity index (χ1n) is 8.68. The van der Waals surface area contributed by atoms with Crippen molar-refractivity contribution in [1.29, 1.82) is 0 Å². The van der Waals surface area contributed by atoms with Gasteiger partial charge in [0.25, 0.3) is 0 Å². The molecule has 0 aliphatic heterocycles. The summed E-state index contributed by atoms with van der Waals surface area (Å²) >= 11 is 0. The van der Waals surface area contributed by atoms with Gasteiger partial charge in [0, 0.05) is 19.2 Å². The van der Waals surface area contributed by atoms with Crippen LogP contribution in [0, 0.1) is 0 Å². The minimum Gasteiger partial charge on any atom is -0.478 e. The molecule has 1 aromatic rings. The number of benzene rings is 1. The van der Waals surface area contributed by atoms with Gasteiger partial charge < -0.3 is 15.5 Å². The van der Waals surface area contributed by atoms with Crippen LogP contribution in [0.15, 0.2) is 23.1 Å². The number of aromatic carboxylic acids is 1. The maximum atomic E-state index is 12.8. The number of rotatable bonds is 8. The van der Waals surface area contributed by atoms with Gasteiger partial charge in [0.05, 0.1) is 11.3 Å². The highest BCUT2D eigenvalue weighted by molar-refractivity contribution is 7.89. The molecule has 140 valence electrons. The van der Waals surface area contributed by atoms with E-state index < -0.39 is 16.0 Å². The van der Waals surface area contributed by atoms with E-state index in [4.69, 9.17) is 10.2 Å². The van der Waals surface area contributed by atoms with Crippen molar-refractivity contribution in [3.05, 3.63) is 23.8 Å². The van der Waals surface area contributed by atoms with Crippen molar-refractivity contribution >= 4 is 21.7 Å². The highest BCUT2D eigenvalue weighted by Crippen LogP contribution is 2.25. The molecule has 0 saturated heterocycles. The monoisotopic (exact) mass is 370 g/mol. The molecule has 1 aromatic carbocycles. The fraction of sp³-hybridized carbons (Fsp3) is 0.588. The molecule has 1 fully saturated rings. The molecular weight excluding hydrogens is 344 g/mol. The maximum absolute atomic E-state index is 12.8. The van der Waals surface area contributed by atoms with Gasteiger partial charge in [0.2, 0.25) is 10.0 Å². The van der Waals surface area contributed by atoms with Crippen molar-refractivity contribution in [1.82, 2.24) is 4.72 Å². The highest BCUT2D eigenvalue weighted by Gasteiger charge is 2.25. The SMILES string of the molecule is O=C(O)c1ccc(NCCCO)c(S(=O)(=O)NC2CCCCCC2)c1. The van der Waals surface area contributed by atoms with Crippen LogP contribution in [0.5, 0.6) is 0 Å². The molecular formula is C17H26N2O5S. The van der Waals surface area contributed by atoms with Crippen LogP contribution in [0.25, 0.3) is 0 Å². The van der Waals surface area contributed by atoms with Gasteiger partial charge in [-0.15, -0.1) is 0 Å². The number of hydrogen-bond acceptors (Lipinski definition) is 5.